The maximum atomic E-state index is 12.8. The molecule has 0 saturated carbocycles. The van der Waals surface area contributed by atoms with Crippen molar-refractivity contribution in [3.8, 4) is 0 Å². The number of hydrogen-bond donors (Lipinski definition) is 1. The zero-order valence-electron chi connectivity index (χ0n) is 10.3. The van der Waals surface area contributed by atoms with E-state index in [1.807, 2.05) is 0 Å². The molecule has 0 fully saturated rings. The number of halogens is 1. The van der Waals surface area contributed by atoms with Gasteiger partial charge in [0.2, 0.25) is 0 Å². The Morgan fingerprint density at radius 3 is 2.28 bits per heavy atom. The molecule has 1 aromatic carbocycles. The van der Waals surface area contributed by atoms with Crippen molar-refractivity contribution in [1.82, 2.24) is 0 Å². The van der Waals surface area contributed by atoms with E-state index in [0.29, 0.717) is 12.0 Å². The Labute approximate surface area is 106 Å². The summed E-state index contributed by atoms with van der Waals surface area (Å²) in [6.07, 6.45) is 0.299. The van der Waals surface area contributed by atoms with Crippen molar-refractivity contribution in [3.05, 3.63) is 35.6 Å². The first-order valence-corrected chi connectivity index (χ1v) is 7.37. The fraction of sp³-hybridized carbons (Fsp3) is 0.417. The summed E-state index contributed by atoms with van der Waals surface area (Å²) in [5, 5.41) is 11.3. The third-order valence-electron chi connectivity index (χ3n) is 2.76. The average molecular weight is 273 g/mol. The molecule has 4 nitrogen and oxygen atoms in total. The van der Waals surface area contributed by atoms with Gasteiger partial charge in [-0.1, -0.05) is 31.1 Å². The molecule has 18 heavy (non-hydrogen) atoms. The first kappa shape index (κ1) is 14.6. The van der Waals surface area contributed by atoms with Crippen LogP contribution in [0.15, 0.2) is 29.4 Å². The third-order valence-corrected chi connectivity index (χ3v) is 4.99. The van der Waals surface area contributed by atoms with Crippen LogP contribution in [-0.4, -0.2) is 30.3 Å². The molecule has 1 aromatic rings. The number of sulfone groups is 1. The lowest BCUT2D eigenvalue weighted by Gasteiger charge is -2.16. The minimum atomic E-state index is -3.36. The van der Waals surface area contributed by atoms with Crippen molar-refractivity contribution >= 4 is 15.5 Å². The third kappa shape index (κ3) is 3.07. The Bertz CT molecular complexity index is 523. The second kappa shape index (κ2) is 5.95. The Balaban J connectivity index is 3.21. The highest BCUT2D eigenvalue weighted by atomic mass is 32.2. The predicted octanol–water partition coefficient (Wildman–Crippen LogP) is 2.22. The Kier molecular flexibility index (Phi) is 4.84. The van der Waals surface area contributed by atoms with E-state index in [4.69, 9.17) is 5.21 Å². The summed E-state index contributed by atoms with van der Waals surface area (Å²) in [6.45, 7) is 3.24. The quantitative estimate of drug-likeness (QED) is 0.508. The monoisotopic (exact) mass is 273 g/mol. The lowest BCUT2D eigenvalue weighted by Crippen LogP contribution is -2.32. The number of hydrogen-bond acceptors (Lipinski definition) is 4. The van der Waals surface area contributed by atoms with Gasteiger partial charge in [-0.3, -0.25) is 0 Å². The molecular weight excluding hydrogens is 257 g/mol. The smallest absolute Gasteiger partial charge is 0.158 e. The van der Waals surface area contributed by atoms with Gasteiger partial charge >= 0.3 is 0 Å². The molecule has 0 aliphatic carbocycles. The van der Waals surface area contributed by atoms with E-state index < -0.39 is 20.9 Å². The van der Waals surface area contributed by atoms with Gasteiger partial charge in [-0.2, -0.15) is 0 Å². The van der Waals surface area contributed by atoms with Crippen LogP contribution in [0, 0.1) is 5.82 Å². The molecule has 0 radical (unpaired) electrons. The van der Waals surface area contributed by atoms with Crippen LogP contribution < -0.4 is 0 Å². The van der Waals surface area contributed by atoms with Gasteiger partial charge in [-0.05, 0) is 18.6 Å². The summed E-state index contributed by atoms with van der Waals surface area (Å²) in [5.74, 6) is -0.464. The highest BCUT2D eigenvalue weighted by Crippen LogP contribution is 2.16. The lowest BCUT2D eigenvalue weighted by molar-refractivity contribution is 0.318. The number of rotatable bonds is 5. The molecule has 0 spiro atoms. The van der Waals surface area contributed by atoms with Crippen molar-refractivity contribution < 1.29 is 18.0 Å². The molecule has 6 heteroatoms. The van der Waals surface area contributed by atoms with E-state index in [1.165, 1.54) is 31.2 Å². The normalized spacial score (nSPS) is 14.5. The van der Waals surface area contributed by atoms with Gasteiger partial charge in [-0.25, -0.2) is 12.8 Å². The van der Waals surface area contributed by atoms with E-state index in [1.54, 1.807) is 6.92 Å². The van der Waals surface area contributed by atoms with Crippen LogP contribution in [0.5, 0.6) is 0 Å². The van der Waals surface area contributed by atoms with Crippen molar-refractivity contribution in [2.24, 2.45) is 5.16 Å². The average Bonchev–Trinajstić information content (AvgIpc) is 2.36. The minimum Gasteiger partial charge on any atom is -0.411 e. The van der Waals surface area contributed by atoms with E-state index >= 15 is 0 Å². The van der Waals surface area contributed by atoms with Crippen molar-refractivity contribution in [2.45, 2.75) is 25.5 Å². The molecule has 0 amide bonds. The zero-order chi connectivity index (χ0) is 13.8. The number of benzene rings is 1. The van der Waals surface area contributed by atoms with Crippen molar-refractivity contribution in [3.63, 3.8) is 0 Å². The van der Waals surface area contributed by atoms with Gasteiger partial charge in [0, 0.05) is 11.3 Å². The first-order chi connectivity index (χ1) is 8.46. The van der Waals surface area contributed by atoms with Crippen LogP contribution in [0.3, 0.4) is 0 Å². The fourth-order valence-electron chi connectivity index (χ4n) is 1.75. The summed E-state index contributed by atoms with van der Waals surface area (Å²) in [5.41, 5.74) is 0.460. The summed E-state index contributed by atoms with van der Waals surface area (Å²) in [7, 11) is -3.36. The summed E-state index contributed by atoms with van der Waals surface area (Å²) >= 11 is 0. The lowest BCUT2D eigenvalue weighted by atomic mass is 10.1. The molecule has 0 aromatic heterocycles. The second-order valence-corrected chi connectivity index (χ2v) is 6.31. The topological polar surface area (TPSA) is 66.7 Å². The standard InChI is InChI=1S/C12H16FNO3S/c1-3-11(18(16,17)4-2)12(14-15)9-5-7-10(13)8-6-9/h5-8,11,15H,3-4H2,1-2H3/b14-12-/t11-/m0/s1. The zero-order valence-corrected chi connectivity index (χ0v) is 11.1. The van der Waals surface area contributed by atoms with Crippen LogP contribution in [0.1, 0.15) is 25.8 Å². The van der Waals surface area contributed by atoms with E-state index in [2.05, 4.69) is 5.16 Å². The molecule has 100 valence electrons. The molecule has 1 atom stereocenters. The van der Waals surface area contributed by atoms with Gasteiger partial charge < -0.3 is 5.21 Å². The van der Waals surface area contributed by atoms with E-state index in [9.17, 15) is 12.8 Å². The molecule has 0 aliphatic rings. The molecule has 0 heterocycles. The largest absolute Gasteiger partial charge is 0.411 e. The molecule has 0 saturated heterocycles. The highest BCUT2D eigenvalue weighted by molar-refractivity contribution is 7.92. The Morgan fingerprint density at radius 1 is 1.33 bits per heavy atom. The van der Waals surface area contributed by atoms with Crippen LogP contribution in [0.4, 0.5) is 4.39 Å². The van der Waals surface area contributed by atoms with E-state index in [-0.39, 0.29) is 11.5 Å². The Morgan fingerprint density at radius 2 is 1.89 bits per heavy atom. The van der Waals surface area contributed by atoms with Crippen LogP contribution in [-0.2, 0) is 9.84 Å². The van der Waals surface area contributed by atoms with Crippen molar-refractivity contribution in [1.29, 1.82) is 0 Å². The molecule has 0 unspecified atom stereocenters. The predicted molar refractivity (Wildman–Crippen MR) is 68.3 cm³/mol. The first-order valence-electron chi connectivity index (χ1n) is 5.65. The maximum absolute atomic E-state index is 12.8. The van der Waals surface area contributed by atoms with Gasteiger partial charge in [0.05, 0.1) is 0 Å². The van der Waals surface area contributed by atoms with Crippen molar-refractivity contribution in [2.75, 3.05) is 5.75 Å². The summed E-state index contributed by atoms with van der Waals surface area (Å²) in [4.78, 5) is 0. The van der Waals surface area contributed by atoms with E-state index in [0.717, 1.165) is 0 Å². The van der Waals surface area contributed by atoms with Gasteiger partial charge in [0.1, 0.15) is 16.8 Å². The fourth-order valence-corrected chi connectivity index (χ4v) is 3.18. The molecule has 0 aliphatic heterocycles. The second-order valence-electron chi connectivity index (χ2n) is 3.84. The van der Waals surface area contributed by atoms with Gasteiger partial charge in [0.15, 0.2) is 9.84 Å². The molecule has 0 bridgehead atoms. The van der Waals surface area contributed by atoms with Gasteiger partial charge in [-0.15, -0.1) is 0 Å². The SMILES string of the molecule is CC[C@@H](/C(=N\O)c1ccc(F)cc1)S(=O)(=O)CC. The molecule has 1 rings (SSSR count). The van der Waals surface area contributed by atoms with Crippen LogP contribution in [0.2, 0.25) is 0 Å². The number of nitrogens with zero attached hydrogens (tertiary/aromatic N) is 1. The minimum absolute atomic E-state index is 0.0360. The van der Waals surface area contributed by atoms with Crippen LogP contribution >= 0.6 is 0 Å². The summed E-state index contributed by atoms with van der Waals surface area (Å²) < 4.78 is 36.6. The molecule has 1 N–H and O–H groups in total. The maximum Gasteiger partial charge on any atom is 0.158 e. The highest BCUT2D eigenvalue weighted by Gasteiger charge is 2.28. The van der Waals surface area contributed by atoms with Crippen LogP contribution in [0.25, 0.3) is 0 Å². The summed E-state index contributed by atoms with van der Waals surface area (Å²) in [6, 6.07) is 5.20. The Hall–Kier alpha value is -1.43. The number of oxime groups is 1. The van der Waals surface area contributed by atoms with Gasteiger partial charge in [0.25, 0.3) is 0 Å². The molecular formula is C12H16FNO3S.